The second-order valence-corrected chi connectivity index (χ2v) is 6.88. The molecule has 106 valence electrons. The van der Waals surface area contributed by atoms with Crippen LogP contribution in [0.3, 0.4) is 0 Å². The molecule has 1 aromatic rings. The molecule has 0 unspecified atom stereocenters. The number of hydrogen-bond acceptors (Lipinski definition) is 3. The highest BCUT2D eigenvalue weighted by molar-refractivity contribution is 7.89. The van der Waals surface area contributed by atoms with Crippen LogP contribution in [-0.2, 0) is 16.4 Å². The van der Waals surface area contributed by atoms with Gasteiger partial charge in [-0.3, -0.25) is 0 Å². The van der Waals surface area contributed by atoms with Crippen LogP contribution in [0, 0.1) is 0 Å². The molecule has 1 aliphatic rings. The van der Waals surface area contributed by atoms with Crippen molar-refractivity contribution in [3.05, 3.63) is 29.8 Å². The largest absolute Gasteiger partial charge is 0.395 e. The first-order chi connectivity index (χ1) is 9.09. The van der Waals surface area contributed by atoms with E-state index < -0.39 is 10.0 Å². The van der Waals surface area contributed by atoms with Gasteiger partial charge in [0.15, 0.2) is 0 Å². The summed E-state index contributed by atoms with van der Waals surface area (Å²) in [7, 11) is -3.46. The number of nitrogens with zero attached hydrogens (tertiary/aromatic N) is 1. The molecular weight excluding hydrogens is 262 g/mol. The Kier molecular flexibility index (Phi) is 4.60. The van der Waals surface area contributed by atoms with E-state index in [1.807, 2.05) is 12.1 Å². The molecule has 0 aliphatic carbocycles. The van der Waals surface area contributed by atoms with Gasteiger partial charge in [0.2, 0.25) is 10.0 Å². The zero-order chi connectivity index (χ0) is 13.9. The van der Waals surface area contributed by atoms with E-state index in [1.54, 1.807) is 12.1 Å². The van der Waals surface area contributed by atoms with Gasteiger partial charge in [0, 0.05) is 12.6 Å². The number of rotatable bonds is 5. The molecular formula is C14H21NO3S. The average Bonchev–Trinajstić information content (AvgIpc) is 2.89. The summed E-state index contributed by atoms with van der Waals surface area (Å²) in [6, 6.07) is 6.83. The number of aliphatic hydroxyl groups excluding tert-OH is 1. The first-order valence-corrected chi connectivity index (χ1v) is 8.25. The lowest BCUT2D eigenvalue weighted by Gasteiger charge is -2.22. The van der Waals surface area contributed by atoms with Crippen LogP contribution < -0.4 is 0 Å². The fraction of sp³-hybridized carbons (Fsp3) is 0.571. The molecule has 0 radical (unpaired) electrons. The number of aliphatic hydroxyl groups is 1. The summed E-state index contributed by atoms with van der Waals surface area (Å²) < 4.78 is 26.4. The summed E-state index contributed by atoms with van der Waals surface area (Å²) in [5, 5.41) is 9.25. The zero-order valence-electron chi connectivity index (χ0n) is 11.2. The Bertz CT molecular complexity index is 510. The molecule has 1 fully saturated rings. The lowest BCUT2D eigenvalue weighted by atomic mass is 10.1. The fourth-order valence-electron chi connectivity index (χ4n) is 2.56. The molecule has 2 rings (SSSR count). The van der Waals surface area contributed by atoms with Gasteiger partial charge in [-0.15, -0.1) is 0 Å². The van der Waals surface area contributed by atoms with Crippen LogP contribution in [0.15, 0.2) is 29.2 Å². The predicted octanol–water partition coefficient (Wildman–Crippen LogP) is 1.78. The maximum atomic E-state index is 12.5. The van der Waals surface area contributed by atoms with Crippen LogP contribution >= 0.6 is 0 Å². The number of aryl methyl sites for hydroxylation is 1. The Labute approximate surface area is 115 Å². The van der Waals surface area contributed by atoms with Gasteiger partial charge in [-0.25, -0.2) is 8.42 Å². The highest BCUT2D eigenvalue weighted by Gasteiger charge is 2.34. The van der Waals surface area contributed by atoms with E-state index in [4.69, 9.17) is 0 Å². The van der Waals surface area contributed by atoms with Crippen LogP contribution in [0.25, 0.3) is 0 Å². The Morgan fingerprint density at radius 3 is 2.58 bits per heavy atom. The monoisotopic (exact) mass is 283 g/mol. The van der Waals surface area contributed by atoms with Crippen LogP contribution in [0.4, 0.5) is 0 Å². The molecule has 1 heterocycles. The van der Waals surface area contributed by atoms with E-state index in [2.05, 4.69) is 6.92 Å². The van der Waals surface area contributed by atoms with Gasteiger partial charge in [0.1, 0.15) is 0 Å². The maximum absolute atomic E-state index is 12.5. The van der Waals surface area contributed by atoms with Crippen molar-refractivity contribution >= 4 is 10.0 Å². The van der Waals surface area contributed by atoms with E-state index in [0.29, 0.717) is 11.4 Å². The fourth-order valence-corrected chi connectivity index (χ4v) is 4.25. The van der Waals surface area contributed by atoms with Gasteiger partial charge in [-0.2, -0.15) is 4.31 Å². The Balaban J connectivity index is 2.24. The third-order valence-corrected chi connectivity index (χ3v) is 5.57. The normalized spacial score (nSPS) is 20.8. The van der Waals surface area contributed by atoms with Gasteiger partial charge in [-0.05, 0) is 37.0 Å². The first kappa shape index (κ1) is 14.5. The molecule has 19 heavy (non-hydrogen) atoms. The van der Waals surface area contributed by atoms with Crippen molar-refractivity contribution < 1.29 is 13.5 Å². The highest BCUT2D eigenvalue weighted by atomic mass is 32.2. The molecule has 0 bridgehead atoms. The second kappa shape index (κ2) is 6.03. The standard InChI is InChI=1S/C14H21NO3S/c1-2-4-12-6-8-14(9-7-12)19(17,18)15-10-3-5-13(15)11-16/h6-9,13,16H,2-5,10-11H2,1H3/t13-/m0/s1. The SMILES string of the molecule is CCCc1ccc(S(=O)(=O)N2CCC[C@H]2CO)cc1. The zero-order valence-corrected chi connectivity index (χ0v) is 12.1. The molecule has 0 saturated carbocycles. The van der Waals surface area contributed by atoms with Crippen LogP contribution in [0.2, 0.25) is 0 Å². The number of benzene rings is 1. The molecule has 1 atom stereocenters. The summed E-state index contributed by atoms with van der Waals surface area (Å²) in [5.74, 6) is 0. The van der Waals surface area contributed by atoms with E-state index in [0.717, 1.165) is 31.2 Å². The van der Waals surface area contributed by atoms with Gasteiger partial charge in [0.25, 0.3) is 0 Å². The Morgan fingerprint density at radius 2 is 2.00 bits per heavy atom. The van der Waals surface area contributed by atoms with Crippen molar-refractivity contribution in [3.63, 3.8) is 0 Å². The van der Waals surface area contributed by atoms with Crippen LogP contribution in [-0.4, -0.2) is 37.0 Å². The smallest absolute Gasteiger partial charge is 0.243 e. The minimum Gasteiger partial charge on any atom is -0.395 e. The summed E-state index contributed by atoms with van der Waals surface area (Å²) in [6.45, 7) is 2.50. The second-order valence-electron chi connectivity index (χ2n) is 4.99. The van der Waals surface area contributed by atoms with Crippen molar-refractivity contribution in [2.75, 3.05) is 13.2 Å². The van der Waals surface area contributed by atoms with Crippen molar-refractivity contribution in [3.8, 4) is 0 Å². The summed E-state index contributed by atoms with van der Waals surface area (Å²) in [4.78, 5) is 0.327. The lowest BCUT2D eigenvalue weighted by Crippen LogP contribution is -2.37. The molecule has 0 aromatic heterocycles. The summed E-state index contributed by atoms with van der Waals surface area (Å²) >= 11 is 0. The molecule has 1 N–H and O–H groups in total. The molecule has 1 saturated heterocycles. The minimum atomic E-state index is -3.46. The van der Waals surface area contributed by atoms with E-state index in [1.165, 1.54) is 4.31 Å². The highest BCUT2D eigenvalue weighted by Crippen LogP contribution is 2.26. The maximum Gasteiger partial charge on any atom is 0.243 e. The lowest BCUT2D eigenvalue weighted by molar-refractivity contribution is 0.213. The first-order valence-electron chi connectivity index (χ1n) is 6.81. The van der Waals surface area contributed by atoms with Crippen molar-refractivity contribution in [2.24, 2.45) is 0 Å². The van der Waals surface area contributed by atoms with Crippen molar-refractivity contribution in [2.45, 2.75) is 43.5 Å². The van der Waals surface area contributed by atoms with Crippen molar-refractivity contribution in [1.82, 2.24) is 4.31 Å². The molecule has 1 aromatic carbocycles. The van der Waals surface area contributed by atoms with Gasteiger partial charge in [-0.1, -0.05) is 25.5 Å². The minimum absolute atomic E-state index is 0.104. The van der Waals surface area contributed by atoms with Gasteiger partial charge < -0.3 is 5.11 Å². The van der Waals surface area contributed by atoms with Crippen LogP contribution in [0.1, 0.15) is 31.7 Å². The molecule has 0 amide bonds. The van der Waals surface area contributed by atoms with Crippen molar-refractivity contribution in [1.29, 1.82) is 0 Å². The molecule has 0 spiro atoms. The van der Waals surface area contributed by atoms with E-state index in [9.17, 15) is 13.5 Å². The summed E-state index contributed by atoms with van der Waals surface area (Å²) in [5.41, 5.74) is 1.15. The Hall–Kier alpha value is -0.910. The third-order valence-electron chi connectivity index (χ3n) is 3.60. The number of hydrogen-bond donors (Lipinski definition) is 1. The molecule has 5 heteroatoms. The van der Waals surface area contributed by atoms with E-state index >= 15 is 0 Å². The number of sulfonamides is 1. The van der Waals surface area contributed by atoms with Crippen LogP contribution in [0.5, 0.6) is 0 Å². The average molecular weight is 283 g/mol. The molecule has 4 nitrogen and oxygen atoms in total. The van der Waals surface area contributed by atoms with Gasteiger partial charge >= 0.3 is 0 Å². The summed E-state index contributed by atoms with van der Waals surface area (Å²) in [6.07, 6.45) is 3.57. The quantitative estimate of drug-likeness (QED) is 0.896. The predicted molar refractivity (Wildman–Crippen MR) is 74.4 cm³/mol. The molecule has 1 aliphatic heterocycles. The topological polar surface area (TPSA) is 57.6 Å². The third kappa shape index (κ3) is 2.99. The Morgan fingerprint density at radius 1 is 1.32 bits per heavy atom. The van der Waals surface area contributed by atoms with Gasteiger partial charge in [0.05, 0.1) is 11.5 Å². The van der Waals surface area contributed by atoms with E-state index in [-0.39, 0.29) is 12.6 Å².